The second kappa shape index (κ2) is 5.30. The minimum absolute atomic E-state index is 0.134. The van der Waals surface area contributed by atoms with E-state index < -0.39 is 5.91 Å². The molecular weight excluding hydrogens is 345 g/mol. The van der Waals surface area contributed by atoms with Crippen molar-refractivity contribution in [3.05, 3.63) is 61.8 Å². The van der Waals surface area contributed by atoms with Gasteiger partial charge in [0.15, 0.2) is 0 Å². The highest BCUT2D eigenvalue weighted by Gasteiger charge is 2.09. The summed E-state index contributed by atoms with van der Waals surface area (Å²) < 4.78 is 1.98. The average Bonchev–Trinajstić information content (AvgIpc) is 2.35. The Hall–Kier alpha value is -1.70. The molecule has 2 aromatic rings. The van der Waals surface area contributed by atoms with Gasteiger partial charge in [-0.15, -0.1) is 0 Å². The summed E-state index contributed by atoms with van der Waals surface area (Å²) in [4.78, 5) is 27.1. The van der Waals surface area contributed by atoms with Gasteiger partial charge in [-0.3, -0.25) is 14.2 Å². The van der Waals surface area contributed by atoms with Crippen molar-refractivity contribution < 1.29 is 4.79 Å². The summed E-state index contributed by atoms with van der Waals surface area (Å²) in [6.45, 7) is 0.280. The van der Waals surface area contributed by atoms with Crippen LogP contribution in [0.5, 0.6) is 0 Å². The lowest BCUT2D eigenvalue weighted by Gasteiger charge is -2.08. The monoisotopic (exact) mass is 355 g/mol. The van der Waals surface area contributed by atoms with Gasteiger partial charge in [0.05, 0.1) is 16.4 Å². The molecule has 0 bridgehead atoms. The molecule has 0 unspecified atom stereocenters. The lowest BCUT2D eigenvalue weighted by atomic mass is 10.1. The molecule has 6 heteroatoms. The van der Waals surface area contributed by atoms with Gasteiger partial charge in [0, 0.05) is 11.8 Å². The number of nitrogens with zero attached hydrogens (tertiary/aromatic N) is 2. The highest BCUT2D eigenvalue weighted by Crippen LogP contribution is 2.09. The summed E-state index contributed by atoms with van der Waals surface area (Å²) >= 11 is 1.93. The molecule has 0 radical (unpaired) electrons. The van der Waals surface area contributed by atoms with E-state index in [2.05, 4.69) is 4.98 Å². The summed E-state index contributed by atoms with van der Waals surface area (Å²) in [6, 6.07) is 6.95. The Labute approximate surface area is 117 Å². The molecule has 1 heterocycles. The zero-order valence-corrected chi connectivity index (χ0v) is 11.5. The number of nitrogens with two attached hydrogens (primary N) is 1. The Bertz CT molecular complexity index is 652. The third kappa shape index (κ3) is 2.58. The smallest absolute Gasteiger partial charge is 0.267 e. The molecule has 0 aliphatic carbocycles. The van der Waals surface area contributed by atoms with E-state index in [-0.39, 0.29) is 12.1 Å². The maximum absolute atomic E-state index is 11.9. The Kier molecular flexibility index (Phi) is 3.75. The van der Waals surface area contributed by atoms with E-state index in [1.54, 1.807) is 24.3 Å². The number of aromatic nitrogens is 2. The molecule has 0 atom stereocenters. The highest BCUT2D eigenvalue weighted by molar-refractivity contribution is 14.1. The Morgan fingerprint density at radius 3 is 2.83 bits per heavy atom. The van der Waals surface area contributed by atoms with Gasteiger partial charge in [0.25, 0.3) is 5.56 Å². The van der Waals surface area contributed by atoms with E-state index >= 15 is 0 Å². The van der Waals surface area contributed by atoms with Gasteiger partial charge in [-0.05, 0) is 34.2 Å². The molecule has 1 aromatic heterocycles. The molecule has 0 spiro atoms. The van der Waals surface area contributed by atoms with E-state index in [4.69, 9.17) is 5.73 Å². The van der Waals surface area contributed by atoms with Crippen LogP contribution in [0.3, 0.4) is 0 Å². The Morgan fingerprint density at radius 1 is 1.39 bits per heavy atom. The summed E-state index contributed by atoms with van der Waals surface area (Å²) in [5, 5.41) is 0. The molecule has 0 aliphatic rings. The molecule has 0 saturated carbocycles. The Balaban J connectivity index is 2.44. The number of rotatable bonds is 3. The molecule has 2 rings (SSSR count). The maximum atomic E-state index is 11.9. The van der Waals surface area contributed by atoms with E-state index in [1.165, 1.54) is 17.1 Å². The molecule has 0 saturated heterocycles. The number of benzene rings is 1. The first-order valence-corrected chi connectivity index (χ1v) is 6.25. The zero-order valence-electron chi connectivity index (χ0n) is 9.34. The number of hydrogen-bond acceptors (Lipinski definition) is 3. The van der Waals surface area contributed by atoms with Crippen molar-refractivity contribution in [2.24, 2.45) is 5.73 Å². The number of halogens is 1. The van der Waals surface area contributed by atoms with Crippen LogP contribution in [0.4, 0.5) is 0 Å². The quantitative estimate of drug-likeness (QED) is 0.835. The van der Waals surface area contributed by atoms with Crippen LogP contribution < -0.4 is 11.3 Å². The standard InChI is InChI=1S/C12H10IN3O2/c13-10-5-15-7-16(12(10)18)6-8-3-1-2-4-9(8)11(14)17/h1-5,7H,6H2,(H2,14,17). The van der Waals surface area contributed by atoms with Crippen LogP contribution in [0.25, 0.3) is 0 Å². The van der Waals surface area contributed by atoms with Crippen LogP contribution in [0.1, 0.15) is 15.9 Å². The SMILES string of the molecule is NC(=O)c1ccccc1Cn1cncc(I)c1=O. The molecule has 2 N–H and O–H groups in total. The fourth-order valence-electron chi connectivity index (χ4n) is 1.62. The number of carbonyl (C=O) groups excluding carboxylic acids is 1. The first kappa shape index (κ1) is 12.7. The lowest BCUT2D eigenvalue weighted by molar-refractivity contribution is 0.0999. The summed E-state index contributed by atoms with van der Waals surface area (Å²) in [7, 11) is 0. The number of carbonyl (C=O) groups is 1. The highest BCUT2D eigenvalue weighted by atomic mass is 127. The van der Waals surface area contributed by atoms with Crippen molar-refractivity contribution in [3.63, 3.8) is 0 Å². The molecule has 1 aromatic carbocycles. The van der Waals surface area contributed by atoms with Crippen LogP contribution in [0.15, 0.2) is 41.6 Å². The summed E-state index contributed by atoms with van der Waals surface area (Å²) in [6.07, 6.45) is 2.95. The van der Waals surface area contributed by atoms with E-state index in [1.807, 2.05) is 22.6 Å². The van der Waals surface area contributed by atoms with E-state index in [9.17, 15) is 9.59 Å². The molecule has 5 nitrogen and oxygen atoms in total. The van der Waals surface area contributed by atoms with Crippen molar-refractivity contribution in [2.45, 2.75) is 6.54 Å². The van der Waals surface area contributed by atoms with Gasteiger partial charge in [-0.25, -0.2) is 4.98 Å². The molecule has 1 amide bonds. The number of amides is 1. The van der Waals surface area contributed by atoms with Crippen molar-refractivity contribution in [1.29, 1.82) is 0 Å². The first-order valence-electron chi connectivity index (χ1n) is 5.17. The molecule has 0 fully saturated rings. The van der Waals surface area contributed by atoms with Gasteiger partial charge in [-0.2, -0.15) is 0 Å². The largest absolute Gasteiger partial charge is 0.366 e. The summed E-state index contributed by atoms with van der Waals surface area (Å²) in [5.74, 6) is -0.503. The zero-order chi connectivity index (χ0) is 13.1. The number of primary amides is 1. The predicted molar refractivity (Wildman–Crippen MR) is 75.3 cm³/mol. The van der Waals surface area contributed by atoms with Gasteiger partial charge >= 0.3 is 0 Å². The average molecular weight is 355 g/mol. The van der Waals surface area contributed by atoms with E-state index in [0.29, 0.717) is 14.7 Å². The van der Waals surface area contributed by atoms with Crippen molar-refractivity contribution in [3.8, 4) is 0 Å². The normalized spacial score (nSPS) is 10.3. The third-order valence-electron chi connectivity index (χ3n) is 2.48. The minimum Gasteiger partial charge on any atom is -0.366 e. The first-order chi connectivity index (χ1) is 8.59. The molecule has 92 valence electrons. The van der Waals surface area contributed by atoms with Gasteiger partial charge < -0.3 is 5.73 Å². The number of hydrogen-bond donors (Lipinski definition) is 1. The van der Waals surface area contributed by atoms with Gasteiger partial charge in [0.2, 0.25) is 5.91 Å². The van der Waals surface area contributed by atoms with Crippen molar-refractivity contribution >= 4 is 28.5 Å². The van der Waals surface area contributed by atoms with Crippen LogP contribution >= 0.6 is 22.6 Å². The fraction of sp³-hybridized carbons (Fsp3) is 0.0833. The van der Waals surface area contributed by atoms with Crippen molar-refractivity contribution in [1.82, 2.24) is 9.55 Å². The predicted octanol–water partition coefficient (Wildman–Crippen LogP) is 0.995. The lowest BCUT2D eigenvalue weighted by Crippen LogP contribution is -2.24. The van der Waals surface area contributed by atoms with Crippen LogP contribution in [-0.4, -0.2) is 15.5 Å². The van der Waals surface area contributed by atoms with Crippen molar-refractivity contribution in [2.75, 3.05) is 0 Å². The molecule has 0 aliphatic heterocycles. The topological polar surface area (TPSA) is 78.0 Å². The molecule has 18 heavy (non-hydrogen) atoms. The molecular formula is C12H10IN3O2. The third-order valence-corrected chi connectivity index (χ3v) is 3.22. The Morgan fingerprint density at radius 2 is 2.11 bits per heavy atom. The van der Waals surface area contributed by atoms with E-state index in [0.717, 1.165) is 0 Å². The second-order valence-electron chi connectivity index (χ2n) is 3.70. The van der Waals surface area contributed by atoms with Crippen LogP contribution in [-0.2, 0) is 6.54 Å². The second-order valence-corrected chi connectivity index (χ2v) is 4.86. The van der Waals surface area contributed by atoms with Crippen LogP contribution in [0.2, 0.25) is 0 Å². The summed E-state index contributed by atoms with van der Waals surface area (Å²) in [5.41, 5.74) is 6.28. The van der Waals surface area contributed by atoms with Crippen LogP contribution in [0, 0.1) is 3.57 Å². The fourth-order valence-corrected chi connectivity index (χ4v) is 2.09. The van der Waals surface area contributed by atoms with Gasteiger partial charge in [-0.1, -0.05) is 18.2 Å². The maximum Gasteiger partial charge on any atom is 0.267 e. The van der Waals surface area contributed by atoms with Gasteiger partial charge in [0.1, 0.15) is 0 Å². The minimum atomic E-state index is -0.503.